The average molecular weight is 406 g/mol. The highest BCUT2D eigenvalue weighted by atomic mass is 16.5. The minimum atomic E-state index is 0.309. The third-order valence-electron chi connectivity index (χ3n) is 5.56. The molecule has 0 unspecified atom stereocenters. The van der Waals surface area contributed by atoms with Gasteiger partial charge in [-0.15, -0.1) is 0 Å². The van der Waals surface area contributed by atoms with E-state index in [2.05, 4.69) is 21.9 Å². The number of hydrogen-bond acceptors (Lipinski definition) is 7. The second-order valence-corrected chi connectivity index (χ2v) is 7.77. The van der Waals surface area contributed by atoms with Gasteiger partial charge in [0.05, 0.1) is 13.7 Å². The fraction of sp³-hybridized carbons (Fsp3) is 0.762. The lowest BCUT2D eigenvalue weighted by Gasteiger charge is -2.21. The lowest BCUT2D eigenvalue weighted by atomic mass is 9.93. The van der Waals surface area contributed by atoms with E-state index in [9.17, 15) is 0 Å². The normalized spacial score (nSPS) is 15.1. The number of aromatic nitrogens is 4. The van der Waals surface area contributed by atoms with Gasteiger partial charge in [0.2, 0.25) is 0 Å². The largest absolute Gasteiger partial charge is 0.468 e. The van der Waals surface area contributed by atoms with E-state index < -0.39 is 0 Å². The van der Waals surface area contributed by atoms with Gasteiger partial charge in [-0.1, -0.05) is 39.0 Å². The number of unbranched alkanes of at least 4 members (excludes halogenated alkanes) is 4. The summed E-state index contributed by atoms with van der Waals surface area (Å²) >= 11 is 0. The number of fused-ring (bicyclic) bond motifs is 1. The summed E-state index contributed by atoms with van der Waals surface area (Å²) in [6.45, 7) is 5.37. The zero-order chi connectivity index (χ0) is 20.5. The fourth-order valence-corrected chi connectivity index (χ4v) is 3.80. The van der Waals surface area contributed by atoms with Crippen LogP contribution in [0.4, 0.5) is 5.82 Å². The van der Waals surface area contributed by atoms with E-state index in [1.54, 1.807) is 7.11 Å². The van der Waals surface area contributed by atoms with Crippen molar-refractivity contribution < 1.29 is 14.2 Å². The fourth-order valence-electron chi connectivity index (χ4n) is 3.80. The number of anilines is 1. The van der Waals surface area contributed by atoms with Gasteiger partial charge in [0.15, 0.2) is 17.0 Å². The zero-order valence-electron chi connectivity index (χ0n) is 17.9. The quantitative estimate of drug-likeness (QED) is 0.534. The predicted octanol–water partition coefficient (Wildman–Crippen LogP) is 3.97. The molecule has 0 saturated carbocycles. The summed E-state index contributed by atoms with van der Waals surface area (Å²) in [5, 5.41) is 0. The minimum Gasteiger partial charge on any atom is -0.468 e. The van der Waals surface area contributed by atoms with E-state index >= 15 is 0 Å². The lowest BCUT2D eigenvalue weighted by molar-refractivity contribution is 0.0631. The number of ether oxygens (including phenoxy) is 3. The van der Waals surface area contributed by atoms with Gasteiger partial charge in [-0.2, -0.15) is 15.0 Å². The number of imidazole rings is 1. The van der Waals surface area contributed by atoms with Gasteiger partial charge in [0.1, 0.15) is 0 Å². The number of hydrogen-bond donors (Lipinski definition) is 1. The Balaban J connectivity index is 1.55. The Labute approximate surface area is 173 Å². The SMILES string of the molecule is CCCCOc1nc(N)c2nc(OC)n(CCCCCCC3CCOCC3)c2n1. The van der Waals surface area contributed by atoms with Crippen molar-refractivity contribution in [2.45, 2.75) is 71.3 Å². The molecular formula is C21H35N5O3. The standard InChI is InChI=1S/C21H35N5O3/c1-3-4-13-29-20-24-18(22)17-19(25-20)26(21(23-17)27-2)12-8-6-5-7-9-16-10-14-28-15-11-16/h16H,3-15H2,1-2H3,(H2,22,24,25). The molecule has 0 amide bonds. The van der Waals surface area contributed by atoms with Crippen LogP contribution in [0.3, 0.4) is 0 Å². The maximum absolute atomic E-state index is 6.09. The van der Waals surface area contributed by atoms with Crippen molar-refractivity contribution in [3.05, 3.63) is 0 Å². The zero-order valence-corrected chi connectivity index (χ0v) is 17.9. The monoisotopic (exact) mass is 405 g/mol. The van der Waals surface area contributed by atoms with E-state index in [4.69, 9.17) is 19.9 Å². The summed E-state index contributed by atoms with van der Waals surface area (Å²) in [7, 11) is 1.62. The maximum atomic E-state index is 6.09. The minimum absolute atomic E-state index is 0.309. The lowest BCUT2D eigenvalue weighted by Crippen LogP contribution is -2.15. The van der Waals surface area contributed by atoms with Crippen LogP contribution in [0.5, 0.6) is 12.0 Å². The van der Waals surface area contributed by atoms with Crippen LogP contribution in [0, 0.1) is 5.92 Å². The van der Waals surface area contributed by atoms with Gasteiger partial charge in [-0.05, 0) is 31.6 Å². The van der Waals surface area contributed by atoms with Gasteiger partial charge in [0.25, 0.3) is 6.01 Å². The number of rotatable bonds is 12. The Hall–Kier alpha value is -2.09. The molecule has 2 aromatic rings. The molecule has 0 aromatic carbocycles. The Bertz CT molecular complexity index is 758. The molecule has 8 heteroatoms. The first-order chi connectivity index (χ1) is 14.2. The average Bonchev–Trinajstić information content (AvgIpc) is 3.10. The van der Waals surface area contributed by atoms with E-state index in [-0.39, 0.29) is 0 Å². The third kappa shape index (κ3) is 5.95. The first-order valence-corrected chi connectivity index (χ1v) is 11.0. The van der Waals surface area contributed by atoms with Gasteiger partial charge in [-0.25, -0.2) is 0 Å². The van der Waals surface area contributed by atoms with Crippen molar-refractivity contribution in [1.82, 2.24) is 19.5 Å². The molecule has 0 atom stereocenters. The second kappa shape index (κ2) is 11.2. The molecule has 0 aliphatic carbocycles. The molecule has 3 heterocycles. The molecule has 1 fully saturated rings. The Morgan fingerprint density at radius 2 is 1.86 bits per heavy atom. The van der Waals surface area contributed by atoms with Crippen LogP contribution in [0.2, 0.25) is 0 Å². The van der Waals surface area contributed by atoms with Crippen molar-refractivity contribution in [2.24, 2.45) is 5.92 Å². The van der Waals surface area contributed by atoms with Gasteiger partial charge >= 0.3 is 6.01 Å². The smallest absolute Gasteiger partial charge is 0.320 e. The summed E-state index contributed by atoms with van der Waals surface area (Å²) in [5.74, 6) is 1.18. The van der Waals surface area contributed by atoms with E-state index in [0.717, 1.165) is 44.9 Å². The second-order valence-electron chi connectivity index (χ2n) is 7.77. The van der Waals surface area contributed by atoms with Crippen molar-refractivity contribution >= 4 is 17.0 Å². The molecule has 0 bridgehead atoms. The number of nitrogens with two attached hydrogens (primary N) is 1. The summed E-state index contributed by atoms with van der Waals surface area (Å²) in [5.41, 5.74) is 7.35. The molecule has 29 heavy (non-hydrogen) atoms. The molecule has 0 radical (unpaired) electrons. The highest BCUT2D eigenvalue weighted by Crippen LogP contribution is 2.26. The van der Waals surface area contributed by atoms with Crippen molar-refractivity contribution in [3.63, 3.8) is 0 Å². The van der Waals surface area contributed by atoms with Crippen LogP contribution >= 0.6 is 0 Å². The van der Waals surface area contributed by atoms with Crippen LogP contribution in [0.25, 0.3) is 11.2 Å². The van der Waals surface area contributed by atoms with E-state index in [1.807, 2.05) is 4.57 Å². The maximum Gasteiger partial charge on any atom is 0.320 e. The van der Waals surface area contributed by atoms with Crippen LogP contribution in [-0.2, 0) is 11.3 Å². The van der Waals surface area contributed by atoms with Gasteiger partial charge < -0.3 is 19.9 Å². The Morgan fingerprint density at radius 3 is 2.62 bits per heavy atom. The molecule has 2 aromatic heterocycles. The van der Waals surface area contributed by atoms with Crippen molar-refractivity contribution in [3.8, 4) is 12.0 Å². The van der Waals surface area contributed by atoms with Crippen molar-refractivity contribution in [1.29, 1.82) is 0 Å². The summed E-state index contributed by atoms with van der Waals surface area (Å²) < 4.78 is 18.5. The molecular weight excluding hydrogens is 370 g/mol. The number of nitrogen functional groups attached to an aromatic ring is 1. The number of methoxy groups -OCH3 is 1. The third-order valence-corrected chi connectivity index (χ3v) is 5.56. The molecule has 162 valence electrons. The Kier molecular flexibility index (Phi) is 8.34. The molecule has 1 saturated heterocycles. The van der Waals surface area contributed by atoms with E-state index in [0.29, 0.717) is 35.6 Å². The molecule has 1 aliphatic rings. The molecule has 0 spiro atoms. The number of aryl methyl sites for hydroxylation is 1. The van der Waals surface area contributed by atoms with Crippen molar-refractivity contribution in [2.75, 3.05) is 32.7 Å². The van der Waals surface area contributed by atoms with Gasteiger partial charge in [-0.3, -0.25) is 4.57 Å². The summed E-state index contributed by atoms with van der Waals surface area (Å²) in [6, 6.07) is 0.831. The van der Waals surface area contributed by atoms with Gasteiger partial charge in [0, 0.05) is 19.8 Å². The highest BCUT2D eigenvalue weighted by Gasteiger charge is 2.18. The topological polar surface area (TPSA) is 97.3 Å². The van der Waals surface area contributed by atoms with Crippen LogP contribution < -0.4 is 15.2 Å². The van der Waals surface area contributed by atoms with Crippen LogP contribution in [0.15, 0.2) is 0 Å². The first kappa shape index (κ1) is 21.6. The molecule has 8 nitrogen and oxygen atoms in total. The highest BCUT2D eigenvalue weighted by molar-refractivity contribution is 5.83. The Morgan fingerprint density at radius 1 is 1.07 bits per heavy atom. The molecule has 1 aliphatic heterocycles. The molecule has 3 rings (SSSR count). The van der Waals surface area contributed by atoms with E-state index in [1.165, 1.54) is 38.5 Å². The van der Waals surface area contributed by atoms with Crippen LogP contribution in [-0.4, -0.2) is 46.4 Å². The predicted molar refractivity (Wildman–Crippen MR) is 113 cm³/mol. The first-order valence-electron chi connectivity index (χ1n) is 11.0. The summed E-state index contributed by atoms with van der Waals surface area (Å²) in [4.78, 5) is 13.2. The molecule has 2 N–H and O–H groups in total. The summed E-state index contributed by atoms with van der Waals surface area (Å²) in [6.07, 6.45) is 10.5. The van der Waals surface area contributed by atoms with Crippen LogP contribution in [0.1, 0.15) is 64.7 Å². The number of nitrogens with zero attached hydrogens (tertiary/aromatic N) is 4.